The fourth-order valence-electron chi connectivity index (χ4n) is 2.77. The summed E-state index contributed by atoms with van der Waals surface area (Å²) in [6.45, 7) is 3.94. The zero-order valence-corrected chi connectivity index (χ0v) is 15.6. The molecule has 0 unspecified atom stereocenters. The first kappa shape index (κ1) is 18.6. The number of aromatic nitrogens is 3. The van der Waals surface area contributed by atoms with Crippen LogP contribution in [0.3, 0.4) is 0 Å². The van der Waals surface area contributed by atoms with Gasteiger partial charge < -0.3 is 14.6 Å². The van der Waals surface area contributed by atoms with Gasteiger partial charge in [-0.15, -0.1) is 0 Å². The lowest BCUT2D eigenvalue weighted by atomic mass is 10.0. The summed E-state index contributed by atoms with van der Waals surface area (Å²) in [5.74, 6) is 1.56. The molecule has 2 aromatic heterocycles. The standard InChI is InChI=1S/C20H22N4O3/c1-13-6-7-17(26-3)16(11-13)14(2)22-18(25)8-9-19-23-20(24-27-19)15-5-4-10-21-12-15/h4-7,10-12,14H,8-9H2,1-3H3,(H,22,25)/t14-/m1/s1. The van der Waals surface area contributed by atoms with Crippen molar-refractivity contribution in [1.29, 1.82) is 0 Å². The van der Waals surface area contributed by atoms with E-state index in [9.17, 15) is 4.79 Å². The van der Waals surface area contributed by atoms with Gasteiger partial charge in [0.25, 0.3) is 0 Å². The number of nitrogens with one attached hydrogen (secondary N) is 1. The Balaban J connectivity index is 1.57. The number of carbonyl (C=O) groups is 1. The molecule has 140 valence electrons. The van der Waals surface area contributed by atoms with Crippen molar-refractivity contribution in [2.45, 2.75) is 32.7 Å². The average Bonchev–Trinajstić information content (AvgIpc) is 3.16. The molecule has 0 aliphatic rings. The Morgan fingerprint density at radius 3 is 2.93 bits per heavy atom. The summed E-state index contributed by atoms with van der Waals surface area (Å²) in [5.41, 5.74) is 2.83. The summed E-state index contributed by atoms with van der Waals surface area (Å²) in [6.07, 6.45) is 3.97. The van der Waals surface area contributed by atoms with Crippen molar-refractivity contribution in [1.82, 2.24) is 20.4 Å². The van der Waals surface area contributed by atoms with Gasteiger partial charge in [0, 0.05) is 36.4 Å². The summed E-state index contributed by atoms with van der Waals surface area (Å²) in [6, 6.07) is 9.39. The predicted molar refractivity (Wildman–Crippen MR) is 100 cm³/mol. The van der Waals surface area contributed by atoms with Gasteiger partial charge in [-0.25, -0.2) is 0 Å². The fraction of sp³-hybridized carbons (Fsp3) is 0.300. The van der Waals surface area contributed by atoms with Crippen LogP contribution >= 0.6 is 0 Å². The second-order valence-electron chi connectivity index (χ2n) is 6.29. The highest BCUT2D eigenvalue weighted by Gasteiger charge is 2.16. The summed E-state index contributed by atoms with van der Waals surface area (Å²) in [5, 5.41) is 6.92. The molecule has 0 fully saturated rings. The minimum atomic E-state index is -0.166. The van der Waals surface area contributed by atoms with Crippen LogP contribution in [0.5, 0.6) is 5.75 Å². The topological polar surface area (TPSA) is 90.1 Å². The first-order valence-electron chi connectivity index (χ1n) is 8.73. The number of benzene rings is 1. The smallest absolute Gasteiger partial charge is 0.227 e. The fourth-order valence-corrected chi connectivity index (χ4v) is 2.77. The molecule has 3 aromatic rings. The molecular weight excluding hydrogens is 344 g/mol. The molecule has 1 atom stereocenters. The van der Waals surface area contributed by atoms with Gasteiger partial charge in [-0.1, -0.05) is 22.9 Å². The van der Waals surface area contributed by atoms with E-state index in [1.165, 1.54) is 0 Å². The molecule has 2 heterocycles. The zero-order chi connectivity index (χ0) is 19.2. The van der Waals surface area contributed by atoms with Crippen LogP contribution in [0.15, 0.2) is 47.2 Å². The average molecular weight is 366 g/mol. The van der Waals surface area contributed by atoms with Crippen LogP contribution in [-0.2, 0) is 11.2 Å². The number of carbonyl (C=O) groups excluding carboxylic acids is 1. The van der Waals surface area contributed by atoms with E-state index in [2.05, 4.69) is 20.4 Å². The first-order valence-corrected chi connectivity index (χ1v) is 8.73. The predicted octanol–water partition coefficient (Wildman–Crippen LogP) is 3.26. The van der Waals surface area contributed by atoms with Crippen molar-refractivity contribution in [3.8, 4) is 17.1 Å². The van der Waals surface area contributed by atoms with Crippen LogP contribution in [0, 0.1) is 6.92 Å². The molecular formula is C20H22N4O3. The maximum absolute atomic E-state index is 12.3. The summed E-state index contributed by atoms with van der Waals surface area (Å²) >= 11 is 0. The molecule has 0 saturated carbocycles. The lowest BCUT2D eigenvalue weighted by Gasteiger charge is -2.17. The Morgan fingerprint density at radius 2 is 2.19 bits per heavy atom. The highest BCUT2D eigenvalue weighted by atomic mass is 16.5. The quantitative estimate of drug-likeness (QED) is 0.690. The molecule has 1 N–H and O–H groups in total. The third kappa shape index (κ3) is 4.69. The number of hydrogen-bond donors (Lipinski definition) is 1. The van der Waals surface area contributed by atoms with E-state index in [0.29, 0.717) is 18.1 Å². The van der Waals surface area contributed by atoms with Gasteiger partial charge in [0.2, 0.25) is 17.6 Å². The van der Waals surface area contributed by atoms with E-state index in [4.69, 9.17) is 9.26 Å². The van der Waals surface area contributed by atoms with E-state index in [0.717, 1.165) is 22.4 Å². The normalized spacial score (nSPS) is 11.8. The summed E-state index contributed by atoms with van der Waals surface area (Å²) in [7, 11) is 1.62. The van der Waals surface area contributed by atoms with E-state index in [-0.39, 0.29) is 18.4 Å². The number of pyridine rings is 1. The second-order valence-corrected chi connectivity index (χ2v) is 6.29. The monoisotopic (exact) mass is 366 g/mol. The van der Waals surface area contributed by atoms with E-state index < -0.39 is 0 Å². The Kier molecular flexibility index (Phi) is 5.80. The van der Waals surface area contributed by atoms with E-state index in [1.807, 2.05) is 38.1 Å². The van der Waals surface area contributed by atoms with Gasteiger partial charge in [0.1, 0.15) is 5.75 Å². The second kappa shape index (κ2) is 8.44. The van der Waals surface area contributed by atoms with Crippen LogP contribution in [-0.4, -0.2) is 28.1 Å². The molecule has 0 bridgehead atoms. The van der Waals surface area contributed by atoms with Crippen molar-refractivity contribution in [2.75, 3.05) is 7.11 Å². The lowest BCUT2D eigenvalue weighted by Crippen LogP contribution is -2.27. The molecule has 0 saturated heterocycles. The van der Waals surface area contributed by atoms with Crippen molar-refractivity contribution in [2.24, 2.45) is 0 Å². The molecule has 3 rings (SSSR count). The lowest BCUT2D eigenvalue weighted by molar-refractivity contribution is -0.121. The maximum atomic E-state index is 12.3. The van der Waals surface area contributed by atoms with Crippen molar-refractivity contribution >= 4 is 5.91 Å². The van der Waals surface area contributed by atoms with E-state index in [1.54, 1.807) is 25.6 Å². The van der Waals surface area contributed by atoms with Crippen LogP contribution in [0.2, 0.25) is 0 Å². The Morgan fingerprint density at radius 1 is 1.33 bits per heavy atom. The van der Waals surface area contributed by atoms with Gasteiger partial charge in [0.05, 0.1) is 13.2 Å². The van der Waals surface area contributed by atoms with Gasteiger partial charge in [-0.2, -0.15) is 4.98 Å². The van der Waals surface area contributed by atoms with E-state index >= 15 is 0 Å². The van der Waals surface area contributed by atoms with Crippen molar-refractivity contribution in [3.05, 3.63) is 59.7 Å². The highest BCUT2D eigenvalue weighted by Crippen LogP contribution is 2.26. The third-order valence-corrected chi connectivity index (χ3v) is 4.18. The molecule has 0 spiro atoms. The number of hydrogen-bond acceptors (Lipinski definition) is 6. The Hall–Kier alpha value is -3.22. The first-order chi connectivity index (χ1) is 13.1. The number of methoxy groups -OCH3 is 1. The van der Waals surface area contributed by atoms with Gasteiger partial charge in [0.15, 0.2) is 0 Å². The van der Waals surface area contributed by atoms with Crippen LogP contribution < -0.4 is 10.1 Å². The molecule has 0 aliphatic heterocycles. The molecule has 27 heavy (non-hydrogen) atoms. The molecule has 0 aliphatic carbocycles. The minimum Gasteiger partial charge on any atom is -0.496 e. The van der Waals surface area contributed by atoms with Gasteiger partial charge in [-0.05, 0) is 32.0 Å². The number of aryl methyl sites for hydroxylation is 2. The summed E-state index contributed by atoms with van der Waals surface area (Å²) in [4.78, 5) is 20.7. The molecule has 1 aromatic carbocycles. The molecule has 7 nitrogen and oxygen atoms in total. The Bertz CT molecular complexity index is 909. The molecule has 7 heteroatoms. The molecule has 0 radical (unpaired) electrons. The van der Waals surface area contributed by atoms with Gasteiger partial charge >= 0.3 is 0 Å². The third-order valence-electron chi connectivity index (χ3n) is 4.18. The van der Waals surface area contributed by atoms with Crippen LogP contribution in [0.1, 0.15) is 36.4 Å². The SMILES string of the molecule is COc1ccc(C)cc1[C@@H](C)NC(=O)CCc1nc(-c2cccnc2)no1. The highest BCUT2D eigenvalue weighted by molar-refractivity contribution is 5.76. The Labute approximate surface area is 157 Å². The molecule has 1 amide bonds. The zero-order valence-electron chi connectivity index (χ0n) is 15.6. The minimum absolute atomic E-state index is 0.0906. The van der Waals surface area contributed by atoms with Crippen molar-refractivity contribution < 1.29 is 14.1 Å². The number of ether oxygens (including phenoxy) is 1. The number of amides is 1. The maximum Gasteiger partial charge on any atom is 0.227 e. The largest absolute Gasteiger partial charge is 0.496 e. The van der Waals surface area contributed by atoms with Crippen molar-refractivity contribution in [3.63, 3.8) is 0 Å². The summed E-state index contributed by atoms with van der Waals surface area (Å²) < 4.78 is 10.6. The van der Waals surface area contributed by atoms with Crippen LogP contribution in [0.25, 0.3) is 11.4 Å². The van der Waals surface area contributed by atoms with Gasteiger partial charge in [-0.3, -0.25) is 9.78 Å². The number of nitrogens with zero attached hydrogens (tertiary/aromatic N) is 3. The van der Waals surface area contributed by atoms with Crippen LogP contribution in [0.4, 0.5) is 0 Å². The number of rotatable bonds is 7.